The Bertz CT molecular complexity index is 2160. The van der Waals surface area contributed by atoms with Crippen molar-refractivity contribution in [1.29, 1.82) is 0 Å². The average Bonchev–Trinajstić information content (AvgIpc) is 3.59. The maximum Gasteiger partial charge on any atom is 0.419 e. The van der Waals surface area contributed by atoms with Crippen LogP contribution < -0.4 is 0 Å². The fourth-order valence-corrected chi connectivity index (χ4v) is 6.25. The Morgan fingerprint density at radius 2 is 1.29 bits per heavy atom. The van der Waals surface area contributed by atoms with Crippen LogP contribution >= 0.6 is 0 Å². The quantitative estimate of drug-likeness (QED) is 0.200. The molecule has 0 aliphatic carbocycles. The molecule has 0 atom stereocenters. The summed E-state index contributed by atoms with van der Waals surface area (Å²) >= 11 is 0. The Kier molecular flexibility index (Phi) is 5.43. The van der Waals surface area contributed by atoms with Crippen LogP contribution in [0.3, 0.4) is 0 Å². The molecule has 42 heavy (non-hydrogen) atoms. The molecule has 0 radical (unpaired) electrons. The molecule has 2 aromatic heterocycles. The number of carbonyl (C=O) groups excluding carboxylic acids is 4. The van der Waals surface area contributed by atoms with Crippen molar-refractivity contribution in [1.82, 2.24) is 14.0 Å². The van der Waals surface area contributed by atoms with E-state index >= 15 is 0 Å². The Labute approximate surface area is 240 Å². The highest BCUT2D eigenvalue weighted by Gasteiger charge is 2.40. The summed E-state index contributed by atoms with van der Waals surface area (Å²) in [5.74, 6) is -1.10. The van der Waals surface area contributed by atoms with Gasteiger partial charge < -0.3 is 4.74 Å². The number of para-hydroxylation sites is 2. The molecule has 6 aromatic rings. The second-order valence-electron chi connectivity index (χ2n) is 11.6. The third kappa shape index (κ3) is 3.54. The Morgan fingerprint density at radius 3 is 1.90 bits per heavy atom. The molecule has 1 aliphatic heterocycles. The number of hydrogen-bond donors (Lipinski definition) is 0. The minimum atomic E-state index is -0.799. The summed E-state index contributed by atoms with van der Waals surface area (Å²) in [7, 11) is 0. The van der Waals surface area contributed by atoms with Gasteiger partial charge in [-0.2, -0.15) is 0 Å². The summed E-state index contributed by atoms with van der Waals surface area (Å²) in [6.07, 6.45) is -0.627. The van der Waals surface area contributed by atoms with Crippen molar-refractivity contribution in [3.63, 3.8) is 0 Å². The van der Waals surface area contributed by atoms with E-state index in [-0.39, 0.29) is 12.5 Å². The number of fused-ring (bicyclic) bond motifs is 10. The van der Waals surface area contributed by atoms with Crippen molar-refractivity contribution >= 4 is 67.4 Å². The van der Waals surface area contributed by atoms with Gasteiger partial charge in [-0.05, 0) is 50.6 Å². The first-order chi connectivity index (χ1) is 20.1. The van der Waals surface area contributed by atoms with Gasteiger partial charge in [0.2, 0.25) is 5.91 Å². The van der Waals surface area contributed by atoms with E-state index < -0.39 is 23.5 Å². The maximum absolute atomic E-state index is 14.3. The van der Waals surface area contributed by atoms with E-state index in [0.29, 0.717) is 54.9 Å². The minimum absolute atomic E-state index is 0.0339. The van der Waals surface area contributed by atoms with Crippen LogP contribution in [-0.4, -0.2) is 43.4 Å². The fourth-order valence-electron chi connectivity index (χ4n) is 6.25. The number of amides is 2. The molecular weight excluding hydrogens is 530 g/mol. The molecule has 8 heteroatoms. The Balaban J connectivity index is 1.69. The van der Waals surface area contributed by atoms with Crippen LogP contribution in [0.5, 0.6) is 0 Å². The maximum atomic E-state index is 14.3. The van der Waals surface area contributed by atoms with Crippen molar-refractivity contribution < 1.29 is 23.9 Å². The van der Waals surface area contributed by atoms with Gasteiger partial charge in [0.25, 0.3) is 11.8 Å². The van der Waals surface area contributed by atoms with E-state index in [1.807, 2.05) is 48.5 Å². The van der Waals surface area contributed by atoms with E-state index in [4.69, 9.17) is 4.74 Å². The zero-order chi connectivity index (χ0) is 29.5. The molecule has 0 spiro atoms. The molecule has 0 bridgehead atoms. The highest BCUT2D eigenvalue weighted by atomic mass is 16.6. The standard InChI is InChI=1S/C34H27N3O5/c1-19(38)36-24-16-10-8-14-21(24)26-23-18-35(31(39)20-12-6-5-7-13-20)32(40)28(23)27-22-15-9-11-17-25(22)37(30(27)29(26)36)33(41)42-34(2,3)4/h5-17H,18H2,1-4H3. The van der Waals surface area contributed by atoms with Gasteiger partial charge in [0.15, 0.2) is 0 Å². The van der Waals surface area contributed by atoms with Crippen LogP contribution in [0, 0.1) is 0 Å². The lowest BCUT2D eigenvalue weighted by Gasteiger charge is -2.20. The minimum Gasteiger partial charge on any atom is -0.443 e. The van der Waals surface area contributed by atoms with Crippen LogP contribution in [0.1, 0.15) is 58.8 Å². The molecule has 0 fully saturated rings. The number of rotatable bonds is 1. The number of imide groups is 1. The van der Waals surface area contributed by atoms with E-state index in [2.05, 4.69) is 0 Å². The van der Waals surface area contributed by atoms with E-state index in [1.54, 1.807) is 55.7 Å². The van der Waals surface area contributed by atoms with Crippen molar-refractivity contribution in [3.8, 4) is 0 Å². The van der Waals surface area contributed by atoms with Crippen LogP contribution in [0.25, 0.3) is 43.6 Å². The molecule has 7 rings (SSSR count). The van der Waals surface area contributed by atoms with E-state index in [0.717, 1.165) is 5.39 Å². The molecule has 0 saturated heterocycles. The van der Waals surface area contributed by atoms with Gasteiger partial charge in [0.1, 0.15) is 5.60 Å². The molecular formula is C34H27N3O5. The zero-order valence-corrected chi connectivity index (χ0v) is 23.6. The van der Waals surface area contributed by atoms with Gasteiger partial charge >= 0.3 is 6.09 Å². The lowest BCUT2D eigenvalue weighted by molar-refractivity contribution is 0.0549. The number of ether oxygens (including phenoxy) is 1. The third-order valence-electron chi connectivity index (χ3n) is 7.76. The fraction of sp³-hybridized carbons (Fsp3) is 0.176. The highest BCUT2D eigenvalue weighted by Crippen LogP contribution is 2.46. The largest absolute Gasteiger partial charge is 0.443 e. The number of nitrogens with zero attached hydrogens (tertiary/aromatic N) is 3. The van der Waals surface area contributed by atoms with Gasteiger partial charge in [-0.15, -0.1) is 0 Å². The summed E-state index contributed by atoms with van der Waals surface area (Å²) < 4.78 is 8.93. The van der Waals surface area contributed by atoms with Gasteiger partial charge in [-0.3, -0.25) is 23.9 Å². The van der Waals surface area contributed by atoms with Gasteiger partial charge in [-0.1, -0.05) is 54.6 Å². The molecule has 0 unspecified atom stereocenters. The normalized spacial score (nSPS) is 13.4. The second-order valence-corrected chi connectivity index (χ2v) is 11.6. The average molecular weight is 558 g/mol. The molecule has 0 saturated carbocycles. The first-order valence-electron chi connectivity index (χ1n) is 13.7. The molecule has 4 aromatic carbocycles. The monoisotopic (exact) mass is 557 g/mol. The van der Waals surface area contributed by atoms with Crippen molar-refractivity contribution in [2.24, 2.45) is 0 Å². The van der Waals surface area contributed by atoms with Crippen molar-refractivity contribution in [3.05, 3.63) is 95.6 Å². The van der Waals surface area contributed by atoms with E-state index in [9.17, 15) is 19.2 Å². The summed E-state index contributed by atoms with van der Waals surface area (Å²) in [6.45, 7) is 6.87. The van der Waals surface area contributed by atoms with Crippen molar-refractivity contribution in [2.45, 2.75) is 39.8 Å². The first-order valence-corrected chi connectivity index (χ1v) is 13.7. The van der Waals surface area contributed by atoms with Gasteiger partial charge in [-0.25, -0.2) is 9.36 Å². The van der Waals surface area contributed by atoms with E-state index in [1.165, 1.54) is 16.4 Å². The number of aromatic nitrogens is 2. The summed E-state index contributed by atoms with van der Waals surface area (Å²) in [4.78, 5) is 56.5. The van der Waals surface area contributed by atoms with Crippen LogP contribution in [-0.2, 0) is 11.3 Å². The van der Waals surface area contributed by atoms with Crippen LogP contribution in [0.15, 0.2) is 78.9 Å². The Morgan fingerprint density at radius 1 is 0.738 bits per heavy atom. The van der Waals surface area contributed by atoms with Crippen molar-refractivity contribution in [2.75, 3.05) is 0 Å². The molecule has 1 aliphatic rings. The third-order valence-corrected chi connectivity index (χ3v) is 7.76. The topological polar surface area (TPSA) is 90.6 Å². The highest BCUT2D eigenvalue weighted by molar-refractivity contribution is 6.34. The van der Waals surface area contributed by atoms with Crippen LogP contribution in [0.2, 0.25) is 0 Å². The smallest absolute Gasteiger partial charge is 0.419 e. The number of benzene rings is 4. The second kappa shape index (κ2) is 8.88. The lowest BCUT2D eigenvalue weighted by Crippen LogP contribution is -2.31. The molecule has 3 heterocycles. The molecule has 0 N–H and O–H groups in total. The number of hydrogen-bond acceptors (Lipinski definition) is 5. The summed E-state index contributed by atoms with van der Waals surface area (Å²) in [5, 5.41) is 2.58. The predicted molar refractivity (Wildman–Crippen MR) is 161 cm³/mol. The van der Waals surface area contributed by atoms with Gasteiger partial charge in [0, 0.05) is 34.0 Å². The lowest BCUT2D eigenvalue weighted by atomic mass is 9.97. The molecule has 208 valence electrons. The molecule has 8 nitrogen and oxygen atoms in total. The Hall–Kier alpha value is -5.24. The zero-order valence-electron chi connectivity index (χ0n) is 23.6. The first kappa shape index (κ1) is 25.7. The molecule has 2 amide bonds. The SMILES string of the molecule is CC(=O)n1c2ccccc2c2c3c(c4c5ccccc5n(C(=O)OC(C)(C)C)c4c21)C(=O)N(C(=O)c1ccccc1)C3. The number of carbonyl (C=O) groups is 4. The van der Waals surface area contributed by atoms with Gasteiger partial charge in [0.05, 0.1) is 34.2 Å². The van der Waals surface area contributed by atoms with Crippen LogP contribution in [0.4, 0.5) is 4.79 Å². The summed E-state index contributed by atoms with van der Waals surface area (Å²) in [5.41, 5.74) is 2.69. The summed E-state index contributed by atoms with van der Waals surface area (Å²) in [6, 6.07) is 23.4. The predicted octanol–water partition coefficient (Wildman–Crippen LogP) is 7.14.